The summed E-state index contributed by atoms with van der Waals surface area (Å²) in [6.07, 6.45) is 2.81. The standard InChI is InChI=1S/C8H8FN3/c1-5-7-8(6(9)3-10-5)12(2)4-11-7/h3-4H,1-2H3. The van der Waals surface area contributed by atoms with Gasteiger partial charge in [-0.2, -0.15) is 0 Å². The first-order valence-electron chi connectivity index (χ1n) is 3.62. The highest BCUT2D eigenvalue weighted by molar-refractivity contribution is 5.77. The van der Waals surface area contributed by atoms with Crippen LogP contribution in [0, 0.1) is 12.7 Å². The Hall–Kier alpha value is -1.45. The zero-order chi connectivity index (χ0) is 8.72. The van der Waals surface area contributed by atoms with Crippen LogP contribution in [0.25, 0.3) is 11.0 Å². The molecule has 4 heteroatoms. The maximum absolute atomic E-state index is 13.1. The van der Waals surface area contributed by atoms with Crippen molar-refractivity contribution in [2.24, 2.45) is 7.05 Å². The molecule has 2 heterocycles. The predicted octanol–water partition coefficient (Wildman–Crippen LogP) is 1.42. The normalized spacial score (nSPS) is 10.9. The van der Waals surface area contributed by atoms with Gasteiger partial charge in [0.05, 0.1) is 18.2 Å². The largest absolute Gasteiger partial charge is 0.331 e. The highest BCUT2D eigenvalue weighted by Crippen LogP contribution is 2.16. The van der Waals surface area contributed by atoms with Crippen LogP contribution in [-0.4, -0.2) is 14.5 Å². The van der Waals surface area contributed by atoms with Crippen LogP contribution in [0.1, 0.15) is 5.69 Å². The molecule has 0 fully saturated rings. The maximum Gasteiger partial charge on any atom is 0.167 e. The smallest absolute Gasteiger partial charge is 0.167 e. The highest BCUT2D eigenvalue weighted by atomic mass is 19.1. The molecule has 62 valence electrons. The van der Waals surface area contributed by atoms with Crippen LogP contribution in [0.3, 0.4) is 0 Å². The molecule has 2 aromatic heterocycles. The van der Waals surface area contributed by atoms with Crippen LogP contribution in [0.2, 0.25) is 0 Å². The molecule has 0 saturated carbocycles. The molecule has 0 radical (unpaired) electrons. The summed E-state index contributed by atoms with van der Waals surface area (Å²) in [4.78, 5) is 7.91. The summed E-state index contributed by atoms with van der Waals surface area (Å²) in [6, 6.07) is 0. The van der Waals surface area contributed by atoms with Crippen molar-refractivity contribution in [3.05, 3.63) is 24.0 Å². The van der Waals surface area contributed by atoms with Crippen LogP contribution < -0.4 is 0 Å². The summed E-state index contributed by atoms with van der Waals surface area (Å²) in [5, 5.41) is 0. The third-order valence-corrected chi connectivity index (χ3v) is 1.88. The Morgan fingerprint density at radius 2 is 2.17 bits per heavy atom. The van der Waals surface area contributed by atoms with E-state index in [1.54, 1.807) is 17.9 Å². The molecule has 12 heavy (non-hydrogen) atoms. The molecule has 0 unspecified atom stereocenters. The predicted molar refractivity (Wildman–Crippen MR) is 43.2 cm³/mol. The number of nitrogens with zero attached hydrogens (tertiary/aromatic N) is 3. The average molecular weight is 165 g/mol. The second kappa shape index (κ2) is 2.27. The summed E-state index contributed by atoms with van der Waals surface area (Å²) >= 11 is 0. The number of hydrogen-bond acceptors (Lipinski definition) is 2. The number of rotatable bonds is 0. The van der Waals surface area contributed by atoms with Gasteiger partial charge in [0.2, 0.25) is 0 Å². The third-order valence-electron chi connectivity index (χ3n) is 1.88. The van der Waals surface area contributed by atoms with Crippen molar-refractivity contribution in [3.8, 4) is 0 Å². The van der Waals surface area contributed by atoms with Gasteiger partial charge in [-0.15, -0.1) is 0 Å². The summed E-state index contributed by atoms with van der Waals surface area (Å²) in [7, 11) is 1.76. The number of pyridine rings is 1. The molecule has 0 aliphatic heterocycles. The van der Waals surface area contributed by atoms with E-state index in [-0.39, 0.29) is 5.82 Å². The average Bonchev–Trinajstić information content (AvgIpc) is 2.42. The van der Waals surface area contributed by atoms with Crippen LogP contribution in [0.5, 0.6) is 0 Å². The molecule has 0 saturated heterocycles. The van der Waals surface area contributed by atoms with Crippen molar-refractivity contribution in [1.29, 1.82) is 0 Å². The topological polar surface area (TPSA) is 30.7 Å². The van der Waals surface area contributed by atoms with Crippen molar-refractivity contribution in [2.75, 3.05) is 0 Å². The lowest BCUT2D eigenvalue weighted by Crippen LogP contribution is -1.91. The van der Waals surface area contributed by atoms with E-state index in [0.29, 0.717) is 11.0 Å². The molecule has 2 rings (SSSR count). The van der Waals surface area contributed by atoms with Crippen LogP contribution >= 0.6 is 0 Å². The fraction of sp³-hybridized carbons (Fsp3) is 0.250. The van der Waals surface area contributed by atoms with Gasteiger partial charge >= 0.3 is 0 Å². The summed E-state index contributed by atoms with van der Waals surface area (Å²) in [6.45, 7) is 1.81. The van der Waals surface area contributed by atoms with Gasteiger partial charge in [0, 0.05) is 7.05 Å². The molecular weight excluding hydrogens is 157 g/mol. The molecule has 0 N–H and O–H groups in total. The van der Waals surface area contributed by atoms with Crippen LogP contribution in [0.4, 0.5) is 4.39 Å². The lowest BCUT2D eigenvalue weighted by molar-refractivity contribution is 0.625. The molecule has 0 spiro atoms. The number of hydrogen-bond donors (Lipinski definition) is 0. The Morgan fingerprint density at radius 1 is 1.42 bits per heavy atom. The number of halogens is 1. The molecular formula is C8H8FN3. The van der Waals surface area contributed by atoms with E-state index in [0.717, 1.165) is 5.69 Å². The van der Waals surface area contributed by atoms with E-state index >= 15 is 0 Å². The minimum Gasteiger partial charge on any atom is -0.331 e. The SMILES string of the molecule is Cc1ncc(F)c2c1ncn2C. The van der Waals surface area contributed by atoms with Crippen LogP contribution in [0.15, 0.2) is 12.5 Å². The van der Waals surface area contributed by atoms with Crippen molar-refractivity contribution in [1.82, 2.24) is 14.5 Å². The van der Waals surface area contributed by atoms with Gasteiger partial charge in [0.25, 0.3) is 0 Å². The molecule has 0 aromatic carbocycles. The number of fused-ring (bicyclic) bond motifs is 1. The van der Waals surface area contributed by atoms with Gasteiger partial charge in [-0.1, -0.05) is 0 Å². The lowest BCUT2D eigenvalue weighted by atomic mass is 10.3. The molecule has 2 aromatic rings. The van der Waals surface area contributed by atoms with E-state index in [9.17, 15) is 4.39 Å². The van der Waals surface area contributed by atoms with Gasteiger partial charge in [-0.25, -0.2) is 9.37 Å². The van der Waals surface area contributed by atoms with Gasteiger partial charge in [0.15, 0.2) is 5.82 Å². The summed E-state index contributed by atoms with van der Waals surface area (Å²) < 4.78 is 14.8. The number of imidazole rings is 1. The highest BCUT2D eigenvalue weighted by Gasteiger charge is 2.08. The van der Waals surface area contributed by atoms with E-state index in [1.165, 1.54) is 6.20 Å². The van der Waals surface area contributed by atoms with E-state index < -0.39 is 0 Å². The van der Waals surface area contributed by atoms with Gasteiger partial charge < -0.3 is 4.57 Å². The van der Waals surface area contributed by atoms with Crippen molar-refractivity contribution < 1.29 is 4.39 Å². The van der Waals surface area contributed by atoms with Gasteiger partial charge in [0.1, 0.15) is 11.0 Å². The molecule has 0 aliphatic carbocycles. The summed E-state index contributed by atoms with van der Waals surface area (Å²) in [5.41, 5.74) is 1.91. The Balaban J connectivity index is 2.98. The molecule has 3 nitrogen and oxygen atoms in total. The monoisotopic (exact) mass is 165 g/mol. The van der Waals surface area contributed by atoms with Gasteiger partial charge in [-0.05, 0) is 6.92 Å². The van der Waals surface area contributed by atoms with Crippen LogP contribution in [-0.2, 0) is 7.05 Å². The molecule has 0 bridgehead atoms. The molecule has 0 aliphatic rings. The second-order valence-electron chi connectivity index (χ2n) is 2.74. The summed E-state index contributed by atoms with van der Waals surface area (Å²) in [5.74, 6) is -0.324. The minimum absolute atomic E-state index is 0.324. The first kappa shape index (κ1) is 7.21. The Kier molecular flexibility index (Phi) is 1.36. The fourth-order valence-corrected chi connectivity index (χ4v) is 1.25. The van der Waals surface area contributed by atoms with Crippen molar-refractivity contribution >= 4 is 11.0 Å². The zero-order valence-electron chi connectivity index (χ0n) is 6.87. The quantitative estimate of drug-likeness (QED) is 0.591. The Morgan fingerprint density at radius 3 is 2.83 bits per heavy atom. The van der Waals surface area contributed by atoms with Crippen molar-refractivity contribution in [3.63, 3.8) is 0 Å². The zero-order valence-corrected chi connectivity index (χ0v) is 6.87. The Labute approximate surface area is 68.9 Å². The van der Waals surface area contributed by atoms with E-state index in [2.05, 4.69) is 9.97 Å². The van der Waals surface area contributed by atoms with E-state index in [1.807, 2.05) is 6.92 Å². The first-order chi connectivity index (χ1) is 5.70. The van der Waals surface area contributed by atoms with E-state index in [4.69, 9.17) is 0 Å². The molecule has 0 atom stereocenters. The maximum atomic E-state index is 13.1. The lowest BCUT2D eigenvalue weighted by Gasteiger charge is -1.97. The Bertz CT molecular complexity index is 433. The third kappa shape index (κ3) is 0.809. The van der Waals surface area contributed by atoms with Gasteiger partial charge in [-0.3, -0.25) is 4.98 Å². The minimum atomic E-state index is -0.324. The molecule has 0 amide bonds. The number of aromatic nitrogens is 3. The fourth-order valence-electron chi connectivity index (χ4n) is 1.25. The van der Waals surface area contributed by atoms with Crippen molar-refractivity contribution in [2.45, 2.75) is 6.92 Å². The second-order valence-corrected chi connectivity index (χ2v) is 2.74. The number of aryl methyl sites for hydroxylation is 2. The first-order valence-corrected chi connectivity index (χ1v) is 3.62.